The van der Waals surface area contributed by atoms with E-state index in [0.29, 0.717) is 0 Å². The Balaban J connectivity index is 2.00. The molecule has 0 N–H and O–H groups in total. The van der Waals surface area contributed by atoms with Crippen LogP contribution in [0.2, 0.25) is 0 Å². The average Bonchev–Trinajstić information content (AvgIpc) is 3.02. The summed E-state index contributed by atoms with van der Waals surface area (Å²) in [5.74, 6) is 0. The summed E-state index contributed by atoms with van der Waals surface area (Å²) in [7, 11) is 0. The molecule has 114 valence electrons. The van der Waals surface area contributed by atoms with Gasteiger partial charge >= 0.3 is 0 Å². The van der Waals surface area contributed by atoms with Crippen molar-refractivity contribution in [3.8, 4) is 11.3 Å². The van der Waals surface area contributed by atoms with Crippen LogP contribution in [-0.2, 0) is 0 Å². The lowest BCUT2D eigenvalue weighted by atomic mass is 10.0. The minimum Gasteiger partial charge on any atom is -0.454 e. The molecule has 0 aliphatic rings. The highest BCUT2D eigenvalue weighted by Gasteiger charge is 2.16. The van der Waals surface area contributed by atoms with E-state index in [9.17, 15) is 0 Å². The summed E-state index contributed by atoms with van der Waals surface area (Å²) in [4.78, 5) is 4.89. The van der Waals surface area contributed by atoms with E-state index in [1.165, 1.54) is 0 Å². The Kier molecular flexibility index (Phi) is 2.97. The van der Waals surface area contributed by atoms with Crippen molar-refractivity contribution in [2.45, 2.75) is 0 Å². The van der Waals surface area contributed by atoms with Gasteiger partial charge in [0.1, 0.15) is 11.3 Å². The fraction of sp³-hybridized carbons (Fsp3) is 0. The first-order valence-corrected chi connectivity index (χ1v) is 8.56. The van der Waals surface area contributed by atoms with Crippen LogP contribution in [-0.4, -0.2) is 4.98 Å². The Morgan fingerprint density at radius 1 is 0.750 bits per heavy atom. The normalized spacial score (nSPS) is 11.5. The number of furan rings is 1. The number of rotatable bonds is 1. The molecule has 0 saturated carbocycles. The smallest absolute Gasteiger partial charge is 0.162 e. The number of hydrogen-bond acceptors (Lipinski definition) is 2. The number of halogens is 1. The standard InChI is InChI=1S/C21H12BrNO/c22-14-11-9-13(10-12-14)20-21-19(15-5-1-3-7-17(15)23-20)16-6-2-4-8-18(16)24-21/h1-12H. The third-order valence-electron chi connectivity index (χ3n) is 4.33. The third-order valence-corrected chi connectivity index (χ3v) is 4.86. The van der Waals surface area contributed by atoms with Crippen LogP contribution < -0.4 is 0 Å². The average molecular weight is 374 g/mol. The molecule has 3 heteroatoms. The van der Waals surface area contributed by atoms with Gasteiger partial charge in [-0.1, -0.05) is 64.5 Å². The molecule has 3 aromatic carbocycles. The molecular weight excluding hydrogens is 362 g/mol. The highest BCUT2D eigenvalue weighted by atomic mass is 79.9. The van der Waals surface area contributed by atoms with Gasteiger partial charge in [-0.05, 0) is 24.3 Å². The molecule has 24 heavy (non-hydrogen) atoms. The van der Waals surface area contributed by atoms with Crippen molar-refractivity contribution in [2.75, 3.05) is 0 Å². The predicted molar refractivity (Wildman–Crippen MR) is 102 cm³/mol. The van der Waals surface area contributed by atoms with E-state index < -0.39 is 0 Å². The number of nitrogens with zero attached hydrogens (tertiary/aromatic N) is 1. The Labute approximate surface area is 146 Å². The van der Waals surface area contributed by atoms with Crippen LogP contribution in [0.15, 0.2) is 81.7 Å². The van der Waals surface area contributed by atoms with Gasteiger partial charge in [0.15, 0.2) is 5.58 Å². The molecule has 2 heterocycles. The molecule has 0 fully saturated rings. The van der Waals surface area contributed by atoms with Gasteiger partial charge in [0, 0.05) is 26.2 Å². The molecule has 0 saturated heterocycles. The van der Waals surface area contributed by atoms with Crippen LogP contribution in [0.25, 0.3) is 44.1 Å². The lowest BCUT2D eigenvalue weighted by molar-refractivity contribution is 0.669. The summed E-state index contributed by atoms with van der Waals surface area (Å²) in [6, 6.07) is 24.6. The van der Waals surface area contributed by atoms with Gasteiger partial charge in [-0.15, -0.1) is 0 Å². The molecule has 0 radical (unpaired) electrons. The second-order valence-electron chi connectivity index (χ2n) is 5.79. The number of aromatic nitrogens is 1. The minimum atomic E-state index is 0.845. The zero-order chi connectivity index (χ0) is 16.1. The first-order chi connectivity index (χ1) is 11.8. The SMILES string of the molecule is Brc1ccc(-c2nc3ccccc3c3c2oc2ccccc23)cc1. The van der Waals surface area contributed by atoms with Crippen LogP contribution in [0, 0.1) is 0 Å². The molecule has 5 aromatic rings. The summed E-state index contributed by atoms with van der Waals surface area (Å²) in [6.07, 6.45) is 0. The molecule has 0 unspecified atom stereocenters. The zero-order valence-corrected chi connectivity index (χ0v) is 14.2. The molecule has 2 aromatic heterocycles. The van der Waals surface area contributed by atoms with Gasteiger partial charge in [-0.3, -0.25) is 0 Å². The van der Waals surface area contributed by atoms with E-state index in [1.54, 1.807) is 0 Å². The van der Waals surface area contributed by atoms with Crippen molar-refractivity contribution in [1.29, 1.82) is 0 Å². The van der Waals surface area contributed by atoms with E-state index >= 15 is 0 Å². The summed E-state index contributed by atoms with van der Waals surface area (Å²) in [6.45, 7) is 0. The quantitative estimate of drug-likeness (QED) is 0.332. The molecule has 0 bridgehead atoms. The van der Waals surface area contributed by atoms with E-state index in [-0.39, 0.29) is 0 Å². The Morgan fingerprint density at radius 3 is 2.29 bits per heavy atom. The first-order valence-electron chi connectivity index (χ1n) is 7.77. The second kappa shape index (κ2) is 5.18. The lowest BCUT2D eigenvalue weighted by Crippen LogP contribution is -1.87. The van der Waals surface area contributed by atoms with Gasteiger partial charge in [-0.25, -0.2) is 4.98 Å². The van der Waals surface area contributed by atoms with Crippen LogP contribution in [0.3, 0.4) is 0 Å². The van der Waals surface area contributed by atoms with Crippen molar-refractivity contribution in [3.05, 3.63) is 77.3 Å². The molecule has 2 nitrogen and oxygen atoms in total. The maximum absolute atomic E-state index is 6.20. The van der Waals surface area contributed by atoms with E-state index in [1.807, 2.05) is 42.5 Å². The molecule has 0 aliphatic carbocycles. The van der Waals surface area contributed by atoms with Gasteiger partial charge in [0.05, 0.1) is 5.52 Å². The maximum atomic E-state index is 6.20. The Morgan fingerprint density at radius 2 is 1.46 bits per heavy atom. The van der Waals surface area contributed by atoms with E-state index in [4.69, 9.17) is 9.40 Å². The number of fused-ring (bicyclic) bond motifs is 5. The first kappa shape index (κ1) is 13.8. The highest BCUT2D eigenvalue weighted by Crippen LogP contribution is 2.39. The van der Waals surface area contributed by atoms with Crippen molar-refractivity contribution >= 4 is 48.8 Å². The maximum Gasteiger partial charge on any atom is 0.162 e. The largest absolute Gasteiger partial charge is 0.454 e. The van der Waals surface area contributed by atoms with Gasteiger partial charge in [0.2, 0.25) is 0 Å². The van der Waals surface area contributed by atoms with E-state index in [0.717, 1.165) is 48.6 Å². The number of benzene rings is 3. The van der Waals surface area contributed by atoms with Crippen molar-refractivity contribution in [1.82, 2.24) is 4.98 Å². The zero-order valence-electron chi connectivity index (χ0n) is 12.7. The molecular formula is C21H12BrNO. The number of hydrogen-bond donors (Lipinski definition) is 0. The van der Waals surface area contributed by atoms with Crippen molar-refractivity contribution in [2.24, 2.45) is 0 Å². The van der Waals surface area contributed by atoms with Crippen LogP contribution in [0.5, 0.6) is 0 Å². The predicted octanol–water partition coefficient (Wildman–Crippen LogP) is 6.56. The molecule has 0 atom stereocenters. The summed E-state index contributed by atoms with van der Waals surface area (Å²) < 4.78 is 7.25. The van der Waals surface area contributed by atoms with Crippen molar-refractivity contribution < 1.29 is 4.42 Å². The van der Waals surface area contributed by atoms with Gasteiger partial charge < -0.3 is 4.42 Å². The summed E-state index contributed by atoms with van der Waals surface area (Å²) in [5.41, 5.74) is 4.65. The molecule has 0 spiro atoms. The topological polar surface area (TPSA) is 26.0 Å². The summed E-state index contributed by atoms with van der Waals surface area (Å²) >= 11 is 3.49. The van der Waals surface area contributed by atoms with Crippen LogP contribution in [0.4, 0.5) is 0 Å². The Bertz CT molecular complexity index is 1210. The van der Waals surface area contributed by atoms with E-state index in [2.05, 4.69) is 46.3 Å². The fourth-order valence-electron chi connectivity index (χ4n) is 3.24. The fourth-order valence-corrected chi connectivity index (χ4v) is 3.50. The molecule has 5 rings (SSSR count). The second-order valence-corrected chi connectivity index (χ2v) is 6.70. The number of pyridine rings is 1. The van der Waals surface area contributed by atoms with Crippen LogP contribution in [0.1, 0.15) is 0 Å². The molecule has 0 aliphatic heterocycles. The highest BCUT2D eigenvalue weighted by molar-refractivity contribution is 9.10. The van der Waals surface area contributed by atoms with Gasteiger partial charge in [-0.2, -0.15) is 0 Å². The third kappa shape index (κ3) is 1.98. The van der Waals surface area contributed by atoms with Crippen molar-refractivity contribution in [3.63, 3.8) is 0 Å². The number of para-hydroxylation sites is 2. The molecule has 0 amide bonds. The monoisotopic (exact) mass is 373 g/mol. The summed E-state index contributed by atoms with van der Waals surface area (Å²) in [5, 5.41) is 3.39. The van der Waals surface area contributed by atoms with Crippen LogP contribution >= 0.6 is 15.9 Å². The minimum absolute atomic E-state index is 0.845. The Hall–Kier alpha value is -2.65. The lowest BCUT2D eigenvalue weighted by Gasteiger charge is -2.06. The van der Waals surface area contributed by atoms with Gasteiger partial charge in [0.25, 0.3) is 0 Å².